The van der Waals surface area contributed by atoms with Crippen LogP contribution in [0.4, 0.5) is 0 Å². The molecule has 0 spiro atoms. The molecule has 2 rings (SSSR count). The third-order valence-corrected chi connectivity index (χ3v) is 5.00. The lowest BCUT2D eigenvalue weighted by molar-refractivity contribution is 0.326. The van der Waals surface area contributed by atoms with Gasteiger partial charge in [-0.05, 0) is 19.9 Å². The number of nitrogens with zero attached hydrogens (tertiary/aromatic N) is 2. The molecule has 0 radical (unpaired) electrons. The zero-order valence-corrected chi connectivity index (χ0v) is 13.0. The number of pyridine rings is 1. The van der Waals surface area contributed by atoms with Crippen molar-refractivity contribution >= 4 is 21.2 Å². The molecule has 0 bridgehead atoms. The van der Waals surface area contributed by atoms with Crippen LogP contribution >= 0.6 is 11.3 Å². The predicted octanol–water partition coefficient (Wildman–Crippen LogP) is 2.36. The Labute approximate surface area is 122 Å². The lowest BCUT2D eigenvalue weighted by atomic mass is 10.4. The first-order valence-corrected chi connectivity index (χ1v) is 8.83. The van der Waals surface area contributed by atoms with Gasteiger partial charge in [0, 0.05) is 17.1 Å². The standard InChI is InChI=1S/C13H16N2O3S2/c1-3-18-12-6-4-5-11(15-12)8-20(16,17)9-13-14-7-10(2)19-13/h4-7H,3,8-9H2,1-2H3. The SMILES string of the molecule is CCOc1cccc(CS(=O)(=O)Cc2ncc(C)s2)n1. The van der Waals surface area contributed by atoms with Gasteiger partial charge in [0.25, 0.3) is 0 Å². The number of ether oxygens (including phenoxy) is 1. The highest BCUT2D eigenvalue weighted by atomic mass is 32.2. The number of hydrogen-bond acceptors (Lipinski definition) is 6. The molecule has 2 heterocycles. The van der Waals surface area contributed by atoms with Gasteiger partial charge in [-0.2, -0.15) is 0 Å². The minimum atomic E-state index is -3.28. The second-order valence-electron chi connectivity index (χ2n) is 4.30. The van der Waals surface area contributed by atoms with E-state index in [9.17, 15) is 8.42 Å². The minimum Gasteiger partial charge on any atom is -0.478 e. The first-order chi connectivity index (χ1) is 9.48. The van der Waals surface area contributed by atoms with Crippen molar-refractivity contribution in [1.29, 1.82) is 0 Å². The topological polar surface area (TPSA) is 69.2 Å². The Morgan fingerprint density at radius 2 is 2.10 bits per heavy atom. The highest BCUT2D eigenvalue weighted by Crippen LogP contribution is 2.17. The third kappa shape index (κ3) is 4.28. The molecule has 20 heavy (non-hydrogen) atoms. The minimum absolute atomic E-state index is 0.0496. The molecule has 108 valence electrons. The Morgan fingerprint density at radius 3 is 2.75 bits per heavy atom. The average Bonchev–Trinajstić information content (AvgIpc) is 2.74. The molecule has 5 nitrogen and oxygen atoms in total. The van der Waals surface area contributed by atoms with Crippen LogP contribution in [0.3, 0.4) is 0 Å². The van der Waals surface area contributed by atoms with E-state index < -0.39 is 9.84 Å². The average molecular weight is 312 g/mol. The molecule has 2 aromatic rings. The van der Waals surface area contributed by atoms with Gasteiger partial charge in [0.15, 0.2) is 9.84 Å². The predicted molar refractivity (Wildman–Crippen MR) is 78.6 cm³/mol. The van der Waals surface area contributed by atoms with Gasteiger partial charge < -0.3 is 4.74 Å². The molecule has 0 fully saturated rings. The van der Waals surface area contributed by atoms with Crippen molar-refractivity contribution in [2.24, 2.45) is 0 Å². The van der Waals surface area contributed by atoms with Gasteiger partial charge >= 0.3 is 0 Å². The van der Waals surface area contributed by atoms with Crippen LogP contribution in [-0.4, -0.2) is 25.0 Å². The van der Waals surface area contributed by atoms with E-state index >= 15 is 0 Å². The monoisotopic (exact) mass is 312 g/mol. The maximum Gasteiger partial charge on any atom is 0.213 e. The van der Waals surface area contributed by atoms with Crippen molar-refractivity contribution < 1.29 is 13.2 Å². The third-order valence-electron chi connectivity index (χ3n) is 2.45. The molecule has 7 heteroatoms. The van der Waals surface area contributed by atoms with Crippen molar-refractivity contribution in [1.82, 2.24) is 9.97 Å². The number of hydrogen-bond donors (Lipinski definition) is 0. The number of rotatable bonds is 6. The lowest BCUT2D eigenvalue weighted by Crippen LogP contribution is -2.09. The van der Waals surface area contributed by atoms with E-state index in [1.165, 1.54) is 11.3 Å². The Balaban J connectivity index is 2.09. The van der Waals surface area contributed by atoms with Crippen molar-refractivity contribution in [3.8, 4) is 5.88 Å². The van der Waals surface area contributed by atoms with E-state index in [2.05, 4.69) is 9.97 Å². The van der Waals surface area contributed by atoms with Crippen LogP contribution in [-0.2, 0) is 21.3 Å². The van der Waals surface area contributed by atoms with E-state index in [4.69, 9.17) is 4.74 Å². The normalized spacial score (nSPS) is 11.5. The van der Waals surface area contributed by atoms with Gasteiger partial charge in [-0.1, -0.05) is 6.07 Å². The highest BCUT2D eigenvalue weighted by Gasteiger charge is 2.16. The summed E-state index contributed by atoms with van der Waals surface area (Å²) in [6.45, 7) is 4.26. The summed E-state index contributed by atoms with van der Waals surface area (Å²) in [5, 5.41) is 0.614. The van der Waals surface area contributed by atoms with Crippen molar-refractivity contribution in [3.63, 3.8) is 0 Å². The van der Waals surface area contributed by atoms with E-state index in [1.807, 2.05) is 13.8 Å². The molecule has 0 aliphatic carbocycles. The number of thiazole rings is 1. The Hall–Kier alpha value is -1.47. The van der Waals surface area contributed by atoms with Gasteiger partial charge in [0.1, 0.15) is 10.8 Å². The van der Waals surface area contributed by atoms with Crippen LogP contribution in [0.5, 0.6) is 5.88 Å². The Morgan fingerprint density at radius 1 is 1.30 bits per heavy atom. The Kier molecular flexibility index (Phi) is 4.72. The highest BCUT2D eigenvalue weighted by molar-refractivity contribution is 7.89. The molecule has 2 aromatic heterocycles. The smallest absolute Gasteiger partial charge is 0.213 e. The maximum absolute atomic E-state index is 12.1. The summed E-state index contributed by atoms with van der Waals surface area (Å²) in [4.78, 5) is 9.27. The van der Waals surface area contributed by atoms with Crippen LogP contribution in [0, 0.1) is 6.92 Å². The summed E-state index contributed by atoms with van der Waals surface area (Å²) in [6.07, 6.45) is 1.68. The van der Waals surface area contributed by atoms with Gasteiger partial charge in [0.05, 0.1) is 18.1 Å². The van der Waals surface area contributed by atoms with Crippen LogP contribution in [0.1, 0.15) is 22.5 Å². The fraction of sp³-hybridized carbons (Fsp3) is 0.385. The molecule has 0 atom stereocenters. The molecule has 0 aromatic carbocycles. The van der Waals surface area contributed by atoms with E-state index in [1.54, 1.807) is 24.4 Å². The molecule has 0 unspecified atom stereocenters. The zero-order valence-electron chi connectivity index (χ0n) is 11.4. The summed E-state index contributed by atoms with van der Waals surface area (Å²) in [6, 6.07) is 5.15. The van der Waals surface area contributed by atoms with Crippen molar-refractivity contribution in [3.05, 3.63) is 40.0 Å². The molecule has 0 saturated heterocycles. The molecule has 0 aliphatic heterocycles. The molecular weight excluding hydrogens is 296 g/mol. The van der Waals surface area contributed by atoms with Gasteiger partial charge in [-0.25, -0.2) is 18.4 Å². The first-order valence-electron chi connectivity index (χ1n) is 6.19. The van der Waals surface area contributed by atoms with Gasteiger partial charge in [-0.15, -0.1) is 11.3 Å². The summed E-state index contributed by atoms with van der Waals surface area (Å²) < 4.78 is 29.5. The summed E-state index contributed by atoms with van der Waals surface area (Å²) in [5.74, 6) is 0.295. The fourth-order valence-electron chi connectivity index (χ4n) is 1.70. The number of sulfone groups is 1. The van der Waals surface area contributed by atoms with Gasteiger partial charge in [0.2, 0.25) is 5.88 Å². The van der Waals surface area contributed by atoms with Crippen LogP contribution in [0.15, 0.2) is 24.4 Å². The van der Waals surface area contributed by atoms with Crippen molar-refractivity contribution in [2.75, 3.05) is 6.61 Å². The molecule has 0 N–H and O–H groups in total. The van der Waals surface area contributed by atoms with Crippen LogP contribution in [0.25, 0.3) is 0 Å². The van der Waals surface area contributed by atoms with Crippen LogP contribution in [0.2, 0.25) is 0 Å². The quantitative estimate of drug-likeness (QED) is 0.819. The molecular formula is C13H16N2O3S2. The number of aromatic nitrogens is 2. The largest absolute Gasteiger partial charge is 0.478 e. The summed E-state index contributed by atoms with van der Waals surface area (Å²) >= 11 is 1.40. The molecule has 0 amide bonds. The zero-order chi connectivity index (χ0) is 14.6. The van der Waals surface area contributed by atoms with Crippen molar-refractivity contribution in [2.45, 2.75) is 25.4 Å². The summed E-state index contributed by atoms with van der Waals surface area (Å²) in [5.41, 5.74) is 0.490. The maximum atomic E-state index is 12.1. The second-order valence-corrected chi connectivity index (χ2v) is 7.68. The first kappa shape index (κ1) is 14.9. The number of aryl methyl sites for hydroxylation is 1. The Bertz CT molecular complexity index is 680. The summed E-state index contributed by atoms with van der Waals surface area (Å²) in [7, 11) is -3.28. The fourth-order valence-corrected chi connectivity index (χ4v) is 4.22. The van der Waals surface area contributed by atoms with E-state index in [0.29, 0.717) is 23.2 Å². The van der Waals surface area contributed by atoms with E-state index in [0.717, 1.165) is 4.88 Å². The molecule has 0 saturated carbocycles. The van der Waals surface area contributed by atoms with Gasteiger partial charge in [-0.3, -0.25) is 0 Å². The lowest BCUT2D eigenvalue weighted by Gasteiger charge is -2.05. The molecule has 0 aliphatic rings. The second kappa shape index (κ2) is 6.32. The van der Waals surface area contributed by atoms with Crippen LogP contribution < -0.4 is 4.74 Å². The van der Waals surface area contributed by atoms with E-state index in [-0.39, 0.29) is 11.5 Å².